The number of esters is 2. The summed E-state index contributed by atoms with van der Waals surface area (Å²) in [7, 11) is 3.04. The number of hydrogen-bond donors (Lipinski definition) is 0. The van der Waals surface area contributed by atoms with Crippen molar-refractivity contribution in [1.82, 2.24) is 0 Å². The molecule has 2 rings (SSSR count). The monoisotopic (exact) mass is 236 g/mol. The van der Waals surface area contributed by atoms with Gasteiger partial charge in [-0.1, -0.05) is 6.07 Å². The fourth-order valence-corrected chi connectivity index (χ4v) is 1.82. The van der Waals surface area contributed by atoms with Gasteiger partial charge in [-0.15, -0.1) is 0 Å². The highest BCUT2D eigenvalue weighted by atomic mass is 16.6. The van der Waals surface area contributed by atoms with E-state index in [1.165, 1.54) is 7.11 Å². The summed E-state index contributed by atoms with van der Waals surface area (Å²) in [5, 5.41) is 0. The van der Waals surface area contributed by atoms with Crippen LogP contribution in [0.3, 0.4) is 0 Å². The lowest BCUT2D eigenvalue weighted by Gasteiger charge is -2.12. The largest absolute Gasteiger partial charge is 0.497 e. The van der Waals surface area contributed by atoms with E-state index in [-0.39, 0.29) is 6.42 Å². The molecule has 1 unspecified atom stereocenters. The molecule has 5 heteroatoms. The predicted octanol–water partition coefficient (Wildman–Crippen LogP) is 1.26. The Labute approximate surface area is 98.3 Å². The van der Waals surface area contributed by atoms with Crippen LogP contribution in [0.25, 0.3) is 0 Å². The van der Waals surface area contributed by atoms with Gasteiger partial charge in [0.25, 0.3) is 0 Å². The van der Waals surface area contributed by atoms with Crippen LogP contribution in [-0.4, -0.2) is 26.2 Å². The summed E-state index contributed by atoms with van der Waals surface area (Å²) in [6.07, 6.45) is 0.0571. The summed E-state index contributed by atoms with van der Waals surface area (Å²) in [6.45, 7) is 0. The quantitative estimate of drug-likeness (QED) is 0.584. The average Bonchev–Trinajstić information content (AvgIpc) is 2.67. The molecule has 1 fully saturated rings. The van der Waals surface area contributed by atoms with Crippen molar-refractivity contribution in [2.24, 2.45) is 0 Å². The molecule has 17 heavy (non-hydrogen) atoms. The van der Waals surface area contributed by atoms with Crippen LogP contribution < -0.4 is 9.47 Å². The van der Waals surface area contributed by atoms with E-state index in [0.29, 0.717) is 17.1 Å². The highest BCUT2D eigenvalue weighted by molar-refractivity contribution is 5.98. The molecule has 0 aromatic heterocycles. The SMILES string of the molecule is COc1ccc(C2CC(=O)OC2=O)c(OC)c1. The van der Waals surface area contributed by atoms with Crippen LogP contribution in [0.2, 0.25) is 0 Å². The first-order valence-electron chi connectivity index (χ1n) is 5.12. The molecule has 1 aromatic carbocycles. The number of benzene rings is 1. The van der Waals surface area contributed by atoms with E-state index in [0.717, 1.165) is 0 Å². The first kappa shape index (κ1) is 11.4. The third kappa shape index (κ3) is 2.08. The fourth-order valence-electron chi connectivity index (χ4n) is 1.82. The maximum absolute atomic E-state index is 11.5. The molecule has 1 aromatic rings. The van der Waals surface area contributed by atoms with Gasteiger partial charge in [0.15, 0.2) is 0 Å². The minimum atomic E-state index is -0.580. The fraction of sp³-hybridized carbons (Fsp3) is 0.333. The van der Waals surface area contributed by atoms with Crippen molar-refractivity contribution in [3.8, 4) is 11.5 Å². The number of cyclic esters (lactones) is 2. The van der Waals surface area contributed by atoms with Crippen LogP contribution in [0.4, 0.5) is 0 Å². The number of rotatable bonds is 3. The lowest BCUT2D eigenvalue weighted by Crippen LogP contribution is -2.07. The highest BCUT2D eigenvalue weighted by Gasteiger charge is 2.36. The summed E-state index contributed by atoms with van der Waals surface area (Å²) in [5.41, 5.74) is 0.643. The Balaban J connectivity index is 2.38. The van der Waals surface area contributed by atoms with Gasteiger partial charge in [0, 0.05) is 11.6 Å². The third-order valence-electron chi connectivity index (χ3n) is 2.69. The maximum atomic E-state index is 11.5. The predicted molar refractivity (Wildman–Crippen MR) is 58.0 cm³/mol. The molecule has 1 aliphatic rings. The molecule has 1 heterocycles. The van der Waals surface area contributed by atoms with Gasteiger partial charge >= 0.3 is 11.9 Å². The van der Waals surface area contributed by atoms with Gasteiger partial charge in [-0.25, -0.2) is 0 Å². The molecule has 1 aliphatic heterocycles. The standard InChI is InChI=1S/C12H12O5/c1-15-7-3-4-8(10(5-7)16-2)9-6-11(13)17-12(9)14/h3-5,9H,6H2,1-2H3. The van der Waals surface area contributed by atoms with Gasteiger partial charge in [0.05, 0.1) is 26.6 Å². The van der Waals surface area contributed by atoms with Crippen molar-refractivity contribution in [2.75, 3.05) is 14.2 Å². The zero-order valence-corrected chi connectivity index (χ0v) is 9.56. The molecule has 0 amide bonds. The van der Waals surface area contributed by atoms with E-state index >= 15 is 0 Å². The van der Waals surface area contributed by atoms with E-state index in [4.69, 9.17) is 9.47 Å². The second-order valence-electron chi connectivity index (χ2n) is 3.66. The Morgan fingerprint density at radius 1 is 1.24 bits per heavy atom. The highest BCUT2D eigenvalue weighted by Crippen LogP contribution is 2.35. The van der Waals surface area contributed by atoms with Crippen LogP contribution in [-0.2, 0) is 14.3 Å². The van der Waals surface area contributed by atoms with Crippen molar-refractivity contribution in [3.63, 3.8) is 0 Å². The Bertz CT molecular complexity index is 466. The van der Waals surface area contributed by atoms with Crippen molar-refractivity contribution in [1.29, 1.82) is 0 Å². The molecule has 0 N–H and O–H groups in total. The van der Waals surface area contributed by atoms with Gasteiger partial charge in [-0.2, -0.15) is 0 Å². The van der Waals surface area contributed by atoms with Crippen molar-refractivity contribution >= 4 is 11.9 Å². The van der Waals surface area contributed by atoms with Gasteiger partial charge in [0.2, 0.25) is 0 Å². The Kier molecular flexibility index (Phi) is 2.99. The zero-order valence-electron chi connectivity index (χ0n) is 9.56. The zero-order chi connectivity index (χ0) is 12.4. The number of ether oxygens (including phenoxy) is 3. The van der Waals surface area contributed by atoms with Gasteiger partial charge < -0.3 is 14.2 Å². The van der Waals surface area contributed by atoms with Crippen LogP contribution in [0.1, 0.15) is 17.9 Å². The smallest absolute Gasteiger partial charge is 0.321 e. The number of carbonyl (C=O) groups is 2. The summed E-state index contributed by atoms with van der Waals surface area (Å²) in [6, 6.07) is 5.10. The number of hydrogen-bond acceptors (Lipinski definition) is 5. The molecule has 5 nitrogen and oxygen atoms in total. The normalized spacial score (nSPS) is 19.1. The molecule has 1 saturated heterocycles. The van der Waals surface area contributed by atoms with E-state index in [9.17, 15) is 9.59 Å². The summed E-state index contributed by atoms with van der Waals surface area (Å²) in [5.74, 6) is -0.469. The molecular weight excluding hydrogens is 224 g/mol. The van der Waals surface area contributed by atoms with Crippen LogP contribution in [0.5, 0.6) is 11.5 Å². The number of methoxy groups -OCH3 is 2. The van der Waals surface area contributed by atoms with Gasteiger partial charge in [-0.3, -0.25) is 9.59 Å². The summed E-state index contributed by atoms with van der Waals surface area (Å²) in [4.78, 5) is 22.5. The number of carbonyl (C=O) groups excluding carboxylic acids is 2. The average molecular weight is 236 g/mol. The Morgan fingerprint density at radius 3 is 2.53 bits per heavy atom. The maximum Gasteiger partial charge on any atom is 0.321 e. The molecule has 0 radical (unpaired) electrons. The minimum absolute atomic E-state index is 0.0571. The summed E-state index contributed by atoms with van der Waals surface area (Å²) < 4.78 is 14.8. The topological polar surface area (TPSA) is 61.8 Å². The lowest BCUT2D eigenvalue weighted by molar-refractivity contribution is -0.152. The second kappa shape index (κ2) is 4.45. The van der Waals surface area contributed by atoms with Crippen LogP contribution >= 0.6 is 0 Å². The molecule has 0 saturated carbocycles. The second-order valence-corrected chi connectivity index (χ2v) is 3.66. The van der Waals surface area contributed by atoms with Gasteiger partial charge in [0.1, 0.15) is 11.5 Å². The van der Waals surface area contributed by atoms with E-state index < -0.39 is 17.9 Å². The molecule has 0 aliphatic carbocycles. The van der Waals surface area contributed by atoms with E-state index in [1.54, 1.807) is 25.3 Å². The molecule has 0 bridgehead atoms. The van der Waals surface area contributed by atoms with Crippen LogP contribution in [0.15, 0.2) is 18.2 Å². The molecule has 0 spiro atoms. The van der Waals surface area contributed by atoms with E-state index in [1.807, 2.05) is 0 Å². The Hall–Kier alpha value is -2.04. The third-order valence-corrected chi connectivity index (χ3v) is 2.69. The molecule has 90 valence electrons. The first-order chi connectivity index (χ1) is 8.15. The van der Waals surface area contributed by atoms with E-state index in [2.05, 4.69) is 4.74 Å². The van der Waals surface area contributed by atoms with Crippen molar-refractivity contribution < 1.29 is 23.8 Å². The summed E-state index contributed by atoms with van der Waals surface area (Å²) >= 11 is 0. The van der Waals surface area contributed by atoms with Gasteiger partial charge in [-0.05, 0) is 6.07 Å². The first-order valence-corrected chi connectivity index (χ1v) is 5.12. The Morgan fingerprint density at radius 2 is 2.00 bits per heavy atom. The lowest BCUT2D eigenvalue weighted by atomic mass is 9.96. The minimum Gasteiger partial charge on any atom is -0.497 e. The van der Waals surface area contributed by atoms with Crippen LogP contribution in [0, 0.1) is 0 Å². The van der Waals surface area contributed by atoms with Crippen molar-refractivity contribution in [3.05, 3.63) is 23.8 Å². The van der Waals surface area contributed by atoms with Crippen molar-refractivity contribution in [2.45, 2.75) is 12.3 Å². The molecule has 1 atom stereocenters. The molecular formula is C12H12O5.